The van der Waals surface area contributed by atoms with Gasteiger partial charge in [-0.05, 0) is 55.8 Å². The number of aryl methyl sites for hydroxylation is 1. The van der Waals surface area contributed by atoms with Crippen molar-refractivity contribution >= 4 is 29.2 Å². The molecule has 0 aliphatic carbocycles. The third-order valence-corrected chi connectivity index (χ3v) is 3.45. The molecule has 0 radical (unpaired) electrons. The highest BCUT2D eigenvalue weighted by molar-refractivity contribution is 6.35. The first-order valence-electron chi connectivity index (χ1n) is 6.50. The molecule has 1 atom stereocenters. The minimum atomic E-state index is -1.02. The van der Waals surface area contributed by atoms with Crippen LogP contribution in [0.3, 0.4) is 0 Å². The molecule has 0 saturated heterocycles. The van der Waals surface area contributed by atoms with E-state index in [9.17, 15) is 4.79 Å². The molecule has 1 unspecified atom stereocenters. The number of hydrogen-bond donors (Lipinski definition) is 1. The zero-order valence-corrected chi connectivity index (χ0v) is 13.5. The van der Waals surface area contributed by atoms with Crippen molar-refractivity contribution in [3.63, 3.8) is 0 Å². The number of hydrogen-bond acceptors (Lipinski definition) is 3. The molecule has 22 heavy (non-hydrogen) atoms. The molecule has 1 N–H and O–H groups in total. The SMILES string of the molecule is Cc1cc(Oc2ccc(Cl)cc2Cl)ccc1OC(C)C(=O)O. The number of aliphatic carboxylic acids is 1. The van der Waals surface area contributed by atoms with Gasteiger partial charge in [0.05, 0.1) is 5.02 Å². The fraction of sp³-hybridized carbons (Fsp3) is 0.188. The molecular weight excluding hydrogens is 327 g/mol. The predicted octanol–water partition coefficient (Wildman–Crippen LogP) is 4.95. The quantitative estimate of drug-likeness (QED) is 0.836. The van der Waals surface area contributed by atoms with E-state index in [-0.39, 0.29) is 0 Å². The summed E-state index contributed by atoms with van der Waals surface area (Å²) in [5.74, 6) is 0.521. The summed E-state index contributed by atoms with van der Waals surface area (Å²) in [6.07, 6.45) is -0.920. The maximum Gasteiger partial charge on any atom is 0.344 e. The third-order valence-electron chi connectivity index (χ3n) is 2.92. The van der Waals surface area contributed by atoms with Gasteiger partial charge in [-0.3, -0.25) is 0 Å². The maximum atomic E-state index is 10.8. The number of carboxylic acids is 1. The Morgan fingerprint density at radius 2 is 1.82 bits per heavy atom. The van der Waals surface area contributed by atoms with E-state index in [0.29, 0.717) is 27.3 Å². The lowest BCUT2D eigenvalue weighted by atomic mass is 10.2. The normalized spacial score (nSPS) is 11.8. The van der Waals surface area contributed by atoms with Crippen LogP contribution < -0.4 is 9.47 Å². The van der Waals surface area contributed by atoms with Crippen molar-refractivity contribution in [1.82, 2.24) is 0 Å². The van der Waals surface area contributed by atoms with Gasteiger partial charge in [-0.15, -0.1) is 0 Å². The first-order valence-corrected chi connectivity index (χ1v) is 7.25. The van der Waals surface area contributed by atoms with Crippen molar-refractivity contribution in [2.24, 2.45) is 0 Å². The summed E-state index contributed by atoms with van der Waals surface area (Å²) < 4.78 is 11.0. The third kappa shape index (κ3) is 4.06. The second kappa shape index (κ2) is 6.90. The van der Waals surface area contributed by atoms with E-state index in [1.807, 2.05) is 0 Å². The highest BCUT2D eigenvalue weighted by Crippen LogP contribution is 2.33. The second-order valence-electron chi connectivity index (χ2n) is 4.70. The highest BCUT2D eigenvalue weighted by atomic mass is 35.5. The maximum absolute atomic E-state index is 10.8. The lowest BCUT2D eigenvalue weighted by Gasteiger charge is -2.14. The Labute approximate surface area is 138 Å². The largest absolute Gasteiger partial charge is 0.479 e. The molecule has 2 rings (SSSR count). The molecule has 0 saturated carbocycles. The number of ether oxygens (including phenoxy) is 2. The Kier molecular flexibility index (Phi) is 5.16. The van der Waals surface area contributed by atoms with Crippen LogP contribution in [0.15, 0.2) is 36.4 Å². The molecule has 0 bridgehead atoms. The van der Waals surface area contributed by atoms with Crippen molar-refractivity contribution in [1.29, 1.82) is 0 Å². The van der Waals surface area contributed by atoms with E-state index in [2.05, 4.69) is 0 Å². The van der Waals surface area contributed by atoms with Crippen molar-refractivity contribution in [2.75, 3.05) is 0 Å². The average molecular weight is 341 g/mol. The number of halogens is 2. The smallest absolute Gasteiger partial charge is 0.344 e. The lowest BCUT2D eigenvalue weighted by molar-refractivity contribution is -0.144. The molecule has 0 amide bonds. The Balaban J connectivity index is 2.17. The number of carbonyl (C=O) groups is 1. The summed E-state index contributed by atoms with van der Waals surface area (Å²) in [5, 5.41) is 9.80. The molecule has 6 heteroatoms. The van der Waals surface area contributed by atoms with Gasteiger partial charge in [0.1, 0.15) is 17.2 Å². The molecule has 2 aromatic carbocycles. The molecule has 0 aromatic heterocycles. The minimum absolute atomic E-state index is 0.407. The molecule has 0 aliphatic rings. The average Bonchev–Trinajstić information content (AvgIpc) is 2.44. The summed E-state index contributed by atoms with van der Waals surface area (Å²) in [6.45, 7) is 3.28. The van der Waals surface area contributed by atoms with E-state index < -0.39 is 12.1 Å². The van der Waals surface area contributed by atoms with Gasteiger partial charge in [-0.1, -0.05) is 23.2 Å². The molecular formula is C16H14Cl2O4. The first-order chi connectivity index (χ1) is 10.4. The molecule has 2 aromatic rings. The van der Waals surface area contributed by atoms with Crippen LogP contribution in [0.2, 0.25) is 10.0 Å². The molecule has 0 fully saturated rings. The van der Waals surface area contributed by atoms with Crippen LogP contribution in [0.5, 0.6) is 17.2 Å². The van der Waals surface area contributed by atoms with Crippen LogP contribution in [-0.2, 0) is 4.79 Å². The van der Waals surface area contributed by atoms with Crippen LogP contribution in [0.4, 0.5) is 0 Å². The van der Waals surface area contributed by atoms with Crippen molar-refractivity contribution in [3.05, 3.63) is 52.0 Å². The van der Waals surface area contributed by atoms with Crippen LogP contribution in [0.25, 0.3) is 0 Å². The molecule has 4 nitrogen and oxygen atoms in total. The van der Waals surface area contributed by atoms with E-state index in [0.717, 1.165) is 5.56 Å². The number of carboxylic acid groups (broad SMARTS) is 1. The summed E-state index contributed by atoms with van der Waals surface area (Å²) in [5.41, 5.74) is 0.760. The van der Waals surface area contributed by atoms with E-state index >= 15 is 0 Å². The summed E-state index contributed by atoms with van der Waals surface area (Å²) in [7, 11) is 0. The minimum Gasteiger partial charge on any atom is -0.479 e. The summed E-state index contributed by atoms with van der Waals surface area (Å²) in [6, 6.07) is 10.0. The zero-order chi connectivity index (χ0) is 16.3. The zero-order valence-electron chi connectivity index (χ0n) is 12.0. The van der Waals surface area contributed by atoms with Crippen LogP contribution >= 0.6 is 23.2 Å². The molecule has 116 valence electrons. The fourth-order valence-electron chi connectivity index (χ4n) is 1.74. The van der Waals surface area contributed by atoms with Gasteiger partial charge < -0.3 is 14.6 Å². The van der Waals surface area contributed by atoms with E-state index in [1.54, 1.807) is 43.3 Å². The Morgan fingerprint density at radius 3 is 2.41 bits per heavy atom. The predicted molar refractivity (Wildman–Crippen MR) is 85.4 cm³/mol. The van der Waals surface area contributed by atoms with Crippen LogP contribution in [0, 0.1) is 6.92 Å². The second-order valence-corrected chi connectivity index (χ2v) is 5.55. The standard InChI is InChI=1S/C16H14Cl2O4/c1-9-7-12(4-6-14(9)21-10(2)16(19)20)22-15-5-3-11(17)8-13(15)18/h3-8,10H,1-2H3,(H,19,20). The molecule has 0 aliphatic heterocycles. The van der Waals surface area contributed by atoms with Gasteiger partial charge >= 0.3 is 5.97 Å². The van der Waals surface area contributed by atoms with Gasteiger partial charge in [-0.2, -0.15) is 0 Å². The monoisotopic (exact) mass is 340 g/mol. The fourth-order valence-corrected chi connectivity index (χ4v) is 2.19. The first kappa shape index (κ1) is 16.5. The van der Waals surface area contributed by atoms with Gasteiger partial charge in [0, 0.05) is 5.02 Å². The van der Waals surface area contributed by atoms with Gasteiger partial charge in [0.2, 0.25) is 0 Å². The van der Waals surface area contributed by atoms with Crippen LogP contribution in [-0.4, -0.2) is 17.2 Å². The van der Waals surface area contributed by atoms with Gasteiger partial charge in [-0.25, -0.2) is 4.79 Å². The Hall–Kier alpha value is -1.91. The van der Waals surface area contributed by atoms with Crippen LogP contribution in [0.1, 0.15) is 12.5 Å². The molecule has 0 spiro atoms. The Bertz CT molecular complexity index is 701. The number of benzene rings is 2. The van der Waals surface area contributed by atoms with Crippen molar-refractivity contribution in [3.8, 4) is 17.2 Å². The van der Waals surface area contributed by atoms with Crippen molar-refractivity contribution in [2.45, 2.75) is 20.0 Å². The molecule has 0 heterocycles. The van der Waals surface area contributed by atoms with Gasteiger partial charge in [0.25, 0.3) is 0 Å². The lowest BCUT2D eigenvalue weighted by Crippen LogP contribution is -2.23. The number of rotatable bonds is 5. The highest BCUT2D eigenvalue weighted by Gasteiger charge is 2.14. The van der Waals surface area contributed by atoms with E-state index in [1.165, 1.54) is 6.92 Å². The summed E-state index contributed by atoms with van der Waals surface area (Å²) >= 11 is 11.9. The van der Waals surface area contributed by atoms with E-state index in [4.69, 9.17) is 37.8 Å². The summed E-state index contributed by atoms with van der Waals surface area (Å²) in [4.78, 5) is 10.8. The van der Waals surface area contributed by atoms with Crippen molar-refractivity contribution < 1.29 is 19.4 Å². The van der Waals surface area contributed by atoms with Gasteiger partial charge in [0.15, 0.2) is 6.10 Å². The topological polar surface area (TPSA) is 55.8 Å². The Morgan fingerprint density at radius 1 is 1.14 bits per heavy atom.